The van der Waals surface area contributed by atoms with E-state index in [1.54, 1.807) is 7.11 Å². The van der Waals surface area contributed by atoms with Crippen LogP contribution in [-0.4, -0.2) is 45.8 Å². The number of ether oxygens (including phenoxy) is 1. The number of benzene rings is 1. The highest BCUT2D eigenvalue weighted by Crippen LogP contribution is 2.31. The van der Waals surface area contributed by atoms with E-state index in [4.69, 9.17) is 4.74 Å². The highest BCUT2D eigenvalue weighted by atomic mass is 16.5. The summed E-state index contributed by atoms with van der Waals surface area (Å²) in [7, 11) is 1.66. The zero-order valence-electron chi connectivity index (χ0n) is 16.0. The Morgan fingerprint density at radius 1 is 1.26 bits per heavy atom. The maximum atomic E-state index is 12.4. The Balaban J connectivity index is 1.23. The van der Waals surface area contributed by atoms with Crippen LogP contribution in [0.1, 0.15) is 49.5 Å². The Morgan fingerprint density at radius 3 is 2.85 bits per heavy atom. The van der Waals surface area contributed by atoms with Crippen molar-refractivity contribution in [2.24, 2.45) is 5.92 Å². The molecule has 0 radical (unpaired) electrons. The van der Waals surface area contributed by atoms with E-state index in [0.717, 1.165) is 43.1 Å². The molecule has 6 heteroatoms. The van der Waals surface area contributed by atoms with Gasteiger partial charge in [0.2, 0.25) is 5.91 Å². The molecule has 0 spiro atoms. The lowest BCUT2D eigenvalue weighted by atomic mass is 9.95. The standard InChI is InChI=1S/C21H28N4O2/c1-27-19-8-4-5-16(11-19)9-10-21(26)24-13-17(14-24)12-20-23-22-15-25(20)18-6-2-3-7-18/h4-5,8,11,15,17-18H,2-3,6-7,9-10,12-14H2,1H3. The van der Waals surface area contributed by atoms with Gasteiger partial charge in [-0.15, -0.1) is 10.2 Å². The first-order valence-electron chi connectivity index (χ1n) is 10.0. The number of aryl methyl sites for hydroxylation is 1. The third kappa shape index (κ3) is 4.15. The fraction of sp³-hybridized carbons (Fsp3) is 0.571. The van der Waals surface area contributed by atoms with Crippen molar-refractivity contribution in [3.8, 4) is 5.75 Å². The van der Waals surface area contributed by atoms with Gasteiger partial charge in [0.25, 0.3) is 0 Å². The van der Waals surface area contributed by atoms with Gasteiger partial charge in [-0.2, -0.15) is 0 Å². The predicted molar refractivity (Wildman–Crippen MR) is 103 cm³/mol. The normalized spacial score (nSPS) is 17.9. The van der Waals surface area contributed by atoms with Gasteiger partial charge in [-0.25, -0.2) is 0 Å². The second-order valence-electron chi connectivity index (χ2n) is 7.81. The average molecular weight is 368 g/mol. The largest absolute Gasteiger partial charge is 0.497 e. The van der Waals surface area contributed by atoms with Crippen LogP contribution in [-0.2, 0) is 17.6 Å². The monoisotopic (exact) mass is 368 g/mol. The highest BCUT2D eigenvalue weighted by molar-refractivity contribution is 5.77. The fourth-order valence-electron chi connectivity index (χ4n) is 4.30. The topological polar surface area (TPSA) is 60.2 Å². The maximum Gasteiger partial charge on any atom is 0.222 e. The Bertz CT molecular complexity index is 776. The predicted octanol–water partition coefficient (Wildman–Crippen LogP) is 3.04. The van der Waals surface area contributed by atoms with Crippen LogP contribution in [0.3, 0.4) is 0 Å². The Morgan fingerprint density at radius 2 is 2.07 bits per heavy atom. The van der Waals surface area contributed by atoms with Crippen molar-refractivity contribution in [2.45, 2.75) is 51.0 Å². The van der Waals surface area contributed by atoms with Crippen molar-refractivity contribution >= 4 is 5.91 Å². The summed E-state index contributed by atoms with van der Waals surface area (Å²) in [4.78, 5) is 14.4. The Kier molecular flexibility index (Phi) is 5.41. The van der Waals surface area contributed by atoms with E-state index in [0.29, 0.717) is 18.4 Å². The van der Waals surface area contributed by atoms with E-state index in [2.05, 4.69) is 14.8 Å². The lowest BCUT2D eigenvalue weighted by Gasteiger charge is -2.39. The molecule has 144 valence electrons. The molecule has 0 unspecified atom stereocenters. The summed E-state index contributed by atoms with van der Waals surface area (Å²) in [6.07, 6.45) is 9.22. The van der Waals surface area contributed by atoms with Crippen molar-refractivity contribution in [2.75, 3.05) is 20.2 Å². The highest BCUT2D eigenvalue weighted by Gasteiger charge is 2.32. The number of nitrogens with zero attached hydrogens (tertiary/aromatic N) is 4. The molecule has 0 bridgehead atoms. The molecule has 0 N–H and O–H groups in total. The van der Waals surface area contributed by atoms with E-state index in [9.17, 15) is 4.79 Å². The summed E-state index contributed by atoms with van der Waals surface area (Å²) >= 11 is 0. The molecule has 2 fully saturated rings. The zero-order chi connectivity index (χ0) is 18.6. The third-order valence-corrected chi connectivity index (χ3v) is 5.91. The summed E-state index contributed by atoms with van der Waals surface area (Å²) in [6.45, 7) is 1.68. The van der Waals surface area contributed by atoms with Crippen molar-refractivity contribution in [3.05, 3.63) is 42.0 Å². The number of likely N-dealkylation sites (tertiary alicyclic amines) is 1. The molecule has 1 aromatic heterocycles. The molecular formula is C21H28N4O2. The molecule has 1 aromatic carbocycles. The first-order valence-corrected chi connectivity index (χ1v) is 10.0. The molecule has 6 nitrogen and oxygen atoms in total. The molecule has 1 saturated carbocycles. The summed E-state index contributed by atoms with van der Waals surface area (Å²) < 4.78 is 7.52. The molecule has 4 rings (SSSR count). The average Bonchev–Trinajstić information content (AvgIpc) is 3.33. The number of aromatic nitrogens is 3. The van der Waals surface area contributed by atoms with Crippen LogP contribution in [0.4, 0.5) is 0 Å². The number of amides is 1. The van der Waals surface area contributed by atoms with Crippen LogP contribution in [0, 0.1) is 5.92 Å². The van der Waals surface area contributed by atoms with Gasteiger partial charge in [0.1, 0.15) is 17.9 Å². The van der Waals surface area contributed by atoms with Crippen LogP contribution in [0.25, 0.3) is 0 Å². The van der Waals surface area contributed by atoms with Gasteiger partial charge in [-0.1, -0.05) is 25.0 Å². The number of carbonyl (C=O) groups is 1. The molecule has 1 aliphatic carbocycles. The second kappa shape index (κ2) is 8.11. The lowest BCUT2D eigenvalue weighted by molar-refractivity contribution is -0.137. The summed E-state index contributed by atoms with van der Waals surface area (Å²) in [5.74, 6) is 2.69. The molecular weight excluding hydrogens is 340 g/mol. The summed E-state index contributed by atoms with van der Waals surface area (Å²) in [6, 6.07) is 8.52. The van der Waals surface area contributed by atoms with Crippen molar-refractivity contribution in [3.63, 3.8) is 0 Å². The Labute approximate surface area is 160 Å². The van der Waals surface area contributed by atoms with Gasteiger partial charge in [0, 0.05) is 37.9 Å². The Hall–Kier alpha value is -2.37. The quantitative estimate of drug-likeness (QED) is 0.754. The molecule has 1 saturated heterocycles. The van der Waals surface area contributed by atoms with Gasteiger partial charge in [0.15, 0.2) is 0 Å². The van der Waals surface area contributed by atoms with Crippen molar-refractivity contribution in [1.29, 1.82) is 0 Å². The molecule has 2 aliphatic rings. The van der Waals surface area contributed by atoms with Crippen LogP contribution in [0.15, 0.2) is 30.6 Å². The molecule has 2 aromatic rings. The number of carbonyl (C=O) groups excluding carboxylic acids is 1. The minimum absolute atomic E-state index is 0.242. The van der Waals surface area contributed by atoms with E-state index in [1.807, 2.05) is 35.5 Å². The van der Waals surface area contributed by atoms with Crippen LogP contribution in [0.5, 0.6) is 5.75 Å². The zero-order valence-corrected chi connectivity index (χ0v) is 16.0. The number of methoxy groups -OCH3 is 1. The summed E-state index contributed by atoms with van der Waals surface area (Å²) in [5, 5.41) is 8.47. The molecule has 27 heavy (non-hydrogen) atoms. The van der Waals surface area contributed by atoms with Gasteiger partial charge in [-0.05, 0) is 37.0 Å². The van der Waals surface area contributed by atoms with E-state index in [-0.39, 0.29) is 5.91 Å². The fourth-order valence-corrected chi connectivity index (χ4v) is 4.30. The molecule has 2 heterocycles. The lowest BCUT2D eigenvalue weighted by Crippen LogP contribution is -2.51. The van der Waals surface area contributed by atoms with Gasteiger partial charge < -0.3 is 14.2 Å². The molecule has 0 atom stereocenters. The maximum absolute atomic E-state index is 12.4. The van der Waals surface area contributed by atoms with Gasteiger partial charge in [-0.3, -0.25) is 4.79 Å². The third-order valence-electron chi connectivity index (χ3n) is 5.91. The van der Waals surface area contributed by atoms with Crippen LogP contribution in [0.2, 0.25) is 0 Å². The number of hydrogen-bond donors (Lipinski definition) is 0. The molecule has 1 aliphatic heterocycles. The first-order chi connectivity index (χ1) is 13.2. The van der Waals surface area contributed by atoms with Gasteiger partial charge >= 0.3 is 0 Å². The molecule has 1 amide bonds. The first kappa shape index (κ1) is 18.0. The number of rotatable bonds is 7. The second-order valence-corrected chi connectivity index (χ2v) is 7.81. The minimum Gasteiger partial charge on any atom is -0.497 e. The smallest absolute Gasteiger partial charge is 0.222 e. The van der Waals surface area contributed by atoms with Crippen molar-refractivity contribution < 1.29 is 9.53 Å². The van der Waals surface area contributed by atoms with E-state index in [1.165, 1.54) is 25.7 Å². The van der Waals surface area contributed by atoms with Crippen molar-refractivity contribution in [1.82, 2.24) is 19.7 Å². The van der Waals surface area contributed by atoms with E-state index < -0.39 is 0 Å². The van der Waals surface area contributed by atoms with E-state index >= 15 is 0 Å². The van der Waals surface area contributed by atoms with Crippen LogP contribution >= 0.6 is 0 Å². The van der Waals surface area contributed by atoms with Crippen LogP contribution < -0.4 is 4.74 Å². The SMILES string of the molecule is COc1cccc(CCC(=O)N2CC(Cc3nncn3C3CCCC3)C2)c1. The van der Waals surface area contributed by atoms with Gasteiger partial charge in [0.05, 0.1) is 7.11 Å². The number of hydrogen-bond acceptors (Lipinski definition) is 4. The minimum atomic E-state index is 0.242. The summed E-state index contributed by atoms with van der Waals surface area (Å²) in [5.41, 5.74) is 1.14.